The largest absolute Gasteiger partial charge is 0.396 e. The molecule has 0 aliphatic rings. The number of hydrogen-bond acceptors (Lipinski definition) is 3. The maximum atomic E-state index is 12.1. The zero-order chi connectivity index (χ0) is 15.9. The van der Waals surface area contributed by atoms with Crippen molar-refractivity contribution in [3.8, 4) is 0 Å². The Kier molecular flexibility index (Phi) is 7.46. The molecular weight excluding hydrogens is 313 g/mol. The molecule has 1 unspecified atom stereocenters. The van der Waals surface area contributed by atoms with Gasteiger partial charge in [0, 0.05) is 20.1 Å². The average Bonchev–Trinajstić information content (AvgIpc) is 2.40. The number of carbonyl (C=O) groups excluding carboxylic acids is 1. The minimum atomic E-state index is -0.571. The standard InChI is InChI=1S/C15H21Cl2NO3/c1-15(8-9-19,10-21-2)18-13(20)7-6-11-4-3-5-12(16)14(11)17/h3-5,19H,6-10H2,1-2H3,(H,18,20). The lowest BCUT2D eigenvalue weighted by Crippen LogP contribution is -2.50. The summed E-state index contributed by atoms with van der Waals surface area (Å²) in [5.41, 5.74) is 0.272. The van der Waals surface area contributed by atoms with Crippen molar-refractivity contribution in [3.05, 3.63) is 33.8 Å². The monoisotopic (exact) mass is 333 g/mol. The molecule has 1 aromatic carbocycles. The van der Waals surface area contributed by atoms with Crippen LogP contribution < -0.4 is 5.32 Å². The van der Waals surface area contributed by atoms with Crippen LogP contribution in [0.1, 0.15) is 25.3 Å². The van der Waals surface area contributed by atoms with E-state index in [2.05, 4.69) is 5.32 Å². The molecule has 118 valence electrons. The van der Waals surface area contributed by atoms with Gasteiger partial charge in [0.15, 0.2) is 0 Å². The van der Waals surface area contributed by atoms with Crippen molar-refractivity contribution >= 4 is 29.1 Å². The van der Waals surface area contributed by atoms with Crippen molar-refractivity contribution in [1.82, 2.24) is 5.32 Å². The van der Waals surface area contributed by atoms with Crippen LogP contribution in [0.4, 0.5) is 0 Å². The summed E-state index contributed by atoms with van der Waals surface area (Å²) < 4.78 is 5.09. The van der Waals surface area contributed by atoms with E-state index >= 15 is 0 Å². The van der Waals surface area contributed by atoms with Gasteiger partial charge in [0.05, 0.1) is 22.2 Å². The first-order chi connectivity index (χ1) is 9.91. The normalized spacial score (nSPS) is 13.8. The summed E-state index contributed by atoms with van der Waals surface area (Å²) in [6, 6.07) is 5.37. The summed E-state index contributed by atoms with van der Waals surface area (Å²) in [6.07, 6.45) is 1.24. The number of benzene rings is 1. The van der Waals surface area contributed by atoms with E-state index in [1.807, 2.05) is 19.1 Å². The molecule has 1 atom stereocenters. The molecule has 4 nitrogen and oxygen atoms in total. The molecule has 0 radical (unpaired) electrons. The molecule has 0 saturated carbocycles. The minimum absolute atomic E-state index is 0.0136. The molecule has 6 heteroatoms. The molecule has 0 fully saturated rings. The van der Waals surface area contributed by atoms with Crippen LogP contribution in [0.25, 0.3) is 0 Å². The Morgan fingerprint density at radius 3 is 2.76 bits per heavy atom. The number of rotatable bonds is 8. The number of methoxy groups -OCH3 is 1. The van der Waals surface area contributed by atoms with Gasteiger partial charge in [-0.15, -0.1) is 0 Å². The Labute approximate surface area is 135 Å². The highest BCUT2D eigenvalue weighted by Crippen LogP contribution is 2.26. The summed E-state index contributed by atoms with van der Waals surface area (Å²) in [4.78, 5) is 12.1. The average molecular weight is 334 g/mol. The van der Waals surface area contributed by atoms with Crippen molar-refractivity contribution in [2.24, 2.45) is 0 Å². The Bertz CT molecular complexity index is 474. The lowest BCUT2D eigenvalue weighted by Gasteiger charge is -2.29. The topological polar surface area (TPSA) is 58.6 Å². The SMILES string of the molecule is COCC(C)(CCO)NC(=O)CCc1cccc(Cl)c1Cl. The number of ether oxygens (including phenoxy) is 1. The number of aliphatic hydroxyl groups is 1. The second-order valence-corrected chi connectivity index (χ2v) is 6.01. The van der Waals surface area contributed by atoms with Crippen molar-refractivity contribution in [2.75, 3.05) is 20.3 Å². The maximum Gasteiger partial charge on any atom is 0.220 e. The summed E-state index contributed by atoms with van der Waals surface area (Å²) in [7, 11) is 1.56. The van der Waals surface area contributed by atoms with Crippen molar-refractivity contribution < 1.29 is 14.6 Å². The highest BCUT2D eigenvalue weighted by atomic mass is 35.5. The van der Waals surface area contributed by atoms with Gasteiger partial charge in [0.25, 0.3) is 0 Å². The fourth-order valence-electron chi connectivity index (χ4n) is 2.12. The van der Waals surface area contributed by atoms with Gasteiger partial charge in [-0.1, -0.05) is 35.3 Å². The summed E-state index contributed by atoms with van der Waals surface area (Å²) in [5, 5.41) is 13.0. The van der Waals surface area contributed by atoms with Crippen LogP contribution in [0.15, 0.2) is 18.2 Å². The second kappa shape index (κ2) is 8.59. The molecule has 0 aliphatic heterocycles. The van der Waals surface area contributed by atoms with E-state index in [1.165, 1.54) is 0 Å². The number of amides is 1. The van der Waals surface area contributed by atoms with Gasteiger partial charge < -0.3 is 15.2 Å². The molecule has 0 bridgehead atoms. The highest BCUT2D eigenvalue weighted by Gasteiger charge is 2.25. The fraction of sp³-hybridized carbons (Fsp3) is 0.533. The van der Waals surface area contributed by atoms with Crippen LogP contribution in [-0.4, -0.2) is 36.9 Å². The quantitative estimate of drug-likeness (QED) is 0.769. The van der Waals surface area contributed by atoms with Crippen LogP contribution in [0.2, 0.25) is 10.0 Å². The molecule has 0 spiro atoms. The Morgan fingerprint density at radius 1 is 1.43 bits per heavy atom. The maximum absolute atomic E-state index is 12.1. The van der Waals surface area contributed by atoms with Crippen LogP contribution >= 0.6 is 23.2 Å². The van der Waals surface area contributed by atoms with Crippen molar-refractivity contribution in [2.45, 2.75) is 31.7 Å². The zero-order valence-corrected chi connectivity index (χ0v) is 13.8. The third-order valence-corrected chi connectivity index (χ3v) is 4.08. The van der Waals surface area contributed by atoms with Crippen LogP contribution in [0, 0.1) is 0 Å². The van der Waals surface area contributed by atoms with Gasteiger partial charge in [-0.25, -0.2) is 0 Å². The number of aryl methyl sites for hydroxylation is 1. The minimum Gasteiger partial charge on any atom is -0.396 e. The molecule has 1 rings (SSSR count). The smallest absolute Gasteiger partial charge is 0.220 e. The van der Waals surface area contributed by atoms with Gasteiger partial charge in [0.2, 0.25) is 5.91 Å². The van der Waals surface area contributed by atoms with E-state index in [4.69, 9.17) is 33.0 Å². The second-order valence-electron chi connectivity index (χ2n) is 5.23. The summed E-state index contributed by atoms with van der Waals surface area (Å²) >= 11 is 12.0. The summed E-state index contributed by atoms with van der Waals surface area (Å²) in [5.74, 6) is -0.112. The number of aliphatic hydroxyl groups excluding tert-OH is 1. The Morgan fingerprint density at radius 2 is 2.14 bits per heavy atom. The Hall–Kier alpha value is -0.810. The van der Waals surface area contributed by atoms with Crippen LogP contribution in [0.3, 0.4) is 0 Å². The number of hydrogen-bond donors (Lipinski definition) is 2. The molecule has 0 saturated heterocycles. The van der Waals surface area contributed by atoms with Crippen molar-refractivity contribution in [1.29, 1.82) is 0 Å². The van der Waals surface area contributed by atoms with E-state index in [9.17, 15) is 4.79 Å². The third-order valence-electron chi connectivity index (χ3n) is 3.22. The van der Waals surface area contributed by atoms with E-state index in [1.54, 1.807) is 13.2 Å². The molecule has 0 aliphatic carbocycles. The third kappa shape index (κ3) is 5.83. The predicted octanol–water partition coefficient (Wildman–Crippen LogP) is 2.83. The molecular formula is C15H21Cl2NO3. The number of carbonyl (C=O) groups is 1. The molecule has 21 heavy (non-hydrogen) atoms. The lowest BCUT2D eigenvalue weighted by atomic mass is 9.98. The van der Waals surface area contributed by atoms with Gasteiger partial charge in [-0.05, 0) is 31.4 Å². The van der Waals surface area contributed by atoms with Gasteiger partial charge in [-0.2, -0.15) is 0 Å². The first-order valence-electron chi connectivity index (χ1n) is 6.75. The zero-order valence-electron chi connectivity index (χ0n) is 12.3. The molecule has 1 aromatic rings. The van der Waals surface area contributed by atoms with E-state index < -0.39 is 5.54 Å². The molecule has 0 aromatic heterocycles. The van der Waals surface area contributed by atoms with Gasteiger partial charge >= 0.3 is 0 Å². The van der Waals surface area contributed by atoms with Gasteiger partial charge in [-0.3, -0.25) is 4.79 Å². The first kappa shape index (κ1) is 18.2. The molecule has 1 amide bonds. The molecule has 0 heterocycles. The number of halogens is 2. The van der Waals surface area contributed by atoms with E-state index in [0.717, 1.165) is 5.56 Å². The van der Waals surface area contributed by atoms with Crippen molar-refractivity contribution in [3.63, 3.8) is 0 Å². The van der Waals surface area contributed by atoms with Crippen LogP contribution in [-0.2, 0) is 16.0 Å². The van der Waals surface area contributed by atoms with E-state index in [0.29, 0.717) is 35.9 Å². The summed E-state index contributed by atoms with van der Waals surface area (Å²) in [6.45, 7) is 2.18. The van der Waals surface area contributed by atoms with Gasteiger partial charge in [0.1, 0.15) is 0 Å². The first-order valence-corrected chi connectivity index (χ1v) is 7.51. The lowest BCUT2D eigenvalue weighted by molar-refractivity contribution is -0.123. The van der Waals surface area contributed by atoms with Crippen LogP contribution in [0.5, 0.6) is 0 Å². The predicted molar refractivity (Wildman–Crippen MR) is 84.9 cm³/mol. The number of nitrogens with one attached hydrogen (secondary N) is 1. The fourth-order valence-corrected chi connectivity index (χ4v) is 2.54. The Balaban J connectivity index is 2.59. The highest BCUT2D eigenvalue weighted by molar-refractivity contribution is 6.42. The molecule has 2 N–H and O–H groups in total. The van der Waals surface area contributed by atoms with E-state index in [-0.39, 0.29) is 12.5 Å².